The van der Waals surface area contributed by atoms with Crippen molar-refractivity contribution in [1.82, 2.24) is 5.32 Å². The van der Waals surface area contributed by atoms with Crippen molar-refractivity contribution in [1.29, 1.82) is 0 Å². The van der Waals surface area contributed by atoms with Crippen LogP contribution in [0.3, 0.4) is 0 Å². The fourth-order valence-electron chi connectivity index (χ4n) is 4.44. The molecule has 0 atom stereocenters. The molecule has 0 amide bonds. The Labute approximate surface area is 170 Å². The molecule has 158 valence electrons. The second-order valence-corrected chi connectivity index (χ2v) is 9.03. The summed E-state index contributed by atoms with van der Waals surface area (Å²) in [6.45, 7) is 8.36. The van der Waals surface area contributed by atoms with Gasteiger partial charge in [-0.1, -0.05) is 6.07 Å². The van der Waals surface area contributed by atoms with Gasteiger partial charge in [0.15, 0.2) is 0 Å². The van der Waals surface area contributed by atoms with Gasteiger partial charge in [-0.2, -0.15) is 8.78 Å². The predicted molar refractivity (Wildman–Crippen MR) is 107 cm³/mol. The summed E-state index contributed by atoms with van der Waals surface area (Å²) in [7, 11) is 1.46. The van der Waals surface area contributed by atoms with E-state index in [0.717, 1.165) is 18.9 Å². The van der Waals surface area contributed by atoms with E-state index in [0.29, 0.717) is 11.3 Å². The molecule has 3 nitrogen and oxygen atoms in total. The molecule has 6 heteroatoms. The van der Waals surface area contributed by atoms with E-state index in [1.165, 1.54) is 37.4 Å². The lowest BCUT2D eigenvalue weighted by Gasteiger charge is -2.46. The summed E-state index contributed by atoms with van der Waals surface area (Å²) >= 11 is 0. The highest BCUT2D eigenvalue weighted by molar-refractivity contribution is 5.34. The van der Waals surface area contributed by atoms with E-state index in [-0.39, 0.29) is 28.3 Å². The molecule has 0 spiro atoms. The van der Waals surface area contributed by atoms with Crippen LogP contribution in [0.25, 0.3) is 0 Å². The molecule has 1 fully saturated rings. The molecule has 0 radical (unpaired) electrons. The van der Waals surface area contributed by atoms with E-state index >= 15 is 0 Å². The molecular weight excluding hydrogens is 379 g/mol. The van der Waals surface area contributed by atoms with E-state index < -0.39 is 11.9 Å². The van der Waals surface area contributed by atoms with Gasteiger partial charge in [-0.25, -0.2) is 4.39 Å². The van der Waals surface area contributed by atoms with Gasteiger partial charge in [-0.15, -0.1) is 0 Å². The number of hydrogen-bond donors (Lipinski definition) is 1. The van der Waals surface area contributed by atoms with Crippen LogP contribution < -0.4 is 14.8 Å². The van der Waals surface area contributed by atoms with Crippen LogP contribution in [0.4, 0.5) is 13.2 Å². The summed E-state index contributed by atoms with van der Waals surface area (Å²) < 4.78 is 53.6. The molecule has 0 saturated carbocycles. The first-order valence-corrected chi connectivity index (χ1v) is 9.71. The third kappa shape index (κ3) is 5.04. The van der Waals surface area contributed by atoms with E-state index in [2.05, 4.69) is 33.0 Å². The molecule has 1 aliphatic heterocycles. The Balaban J connectivity index is 1.80. The number of piperidine rings is 1. The molecule has 1 aliphatic rings. The Kier molecular flexibility index (Phi) is 5.60. The lowest BCUT2D eigenvalue weighted by molar-refractivity contribution is -0.185. The molecule has 2 aromatic carbocycles. The zero-order chi connectivity index (χ0) is 21.4. The fourth-order valence-corrected chi connectivity index (χ4v) is 4.44. The summed E-state index contributed by atoms with van der Waals surface area (Å²) in [5.74, 6) is -0.267. The summed E-state index contributed by atoms with van der Waals surface area (Å²) in [5, 5.41) is 3.56. The van der Waals surface area contributed by atoms with Crippen molar-refractivity contribution in [3.8, 4) is 11.5 Å². The number of nitrogens with one attached hydrogen (secondary N) is 1. The Hall–Kier alpha value is -2.21. The third-order valence-electron chi connectivity index (χ3n) is 5.27. The Morgan fingerprint density at radius 2 is 1.48 bits per heavy atom. The minimum absolute atomic E-state index is 0.00241. The zero-order valence-electron chi connectivity index (χ0n) is 17.5. The van der Waals surface area contributed by atoms with Crippen LogP contribution >= 0.6 is 0 Å². The maximum Gasteiger partial charge on any atom is 0.426 e. The Morgan fingerprint density at radius 1 is 0.931 bits per heavy atom. The van der Waals surface area contributed by atoms with Crippen LogP contribution in [0.15, 0.2) is 42.5 Å². The predicted octanol–water partition coefficient (Wildman–Crippen LogP) is 5.99. The number of ether oxygens (including phenoxy) is 2. The smallest absolute Gasteiger partial charge is 0.426 e. The molecule has 0 unspecified atom stereocenters. The van der Waals surface area contributed by atoms with Crippen molar-refractivity contribution in [2.45, 2.75) is 63.6 Å². The quantitative estimate of drug-likeness (QED) is 0.661. The summed E-state index contributed by atoms with van der Waals surface area (Å²) in [6, 6.07) is 9.34. The minimum atomic E-state index is -3.58. The van der Waals surface area contributed by atoms with Crippen LogP contribution in [-0.4, -0.2) is 18.2 Å². The number of rotatable bonds is 5. The lowest BCUT2D eigenvalue weighted by Crippen LogP contribution is -2.57. The van der Waals surface area contributed by atoms with Gasteiger partial charge in [0.1, 0.15) is 17.3 Å². The molecular formula is C23H28F3NO2. The molecule has 29 heavy (non-hydrogen) atoms. The molecule has 0 aliphatic carbocycles. The maximum atomic E-state index is 14.9. The lowest BCUT2D eigenvalue weighted by atomic mass is 9.73. The Bertz CT molecular complexity index is 847. The highest BCUT2D eigenvalue weighted by Gasteiger charge is 2.39. The van der Waals surface area contributed by atoms with Crippen molar-refractivity contribution in [2.75, 3.05) is 7.11 Å². The van der Waals surface area contributed by atoms with Crippen molar-refractivity contribution in [3.63, 3.8) is 0 Å². The average molecular weight is 407 g/mol. The third-order valence-corrected chi connectivity index (χ3v) is 5.27. The van der Waals surface area contributed by atoms with Crippen LogP contribution in [0, 0.1) is 5.82 Å². The highest BCUT2D eigenvalue weighted by atomic mass is 19.3. The average Bonchev–Trinajstić information content (AvgIpc) is 2.59. The molecule has 1 saturated heterocycles. The normalized spacial score (nSPS) is 19.0. The fraction of sp³-hybridized carbons (Fsp3) is 0.478. The zero-order valence-corrected chi connectivity index (χ0v) is 17.5. The van der Waals surface area contributed by atoms with Gasteiger partial charge in [0.05, 0.1) is 12.7 Å². The van der Waals surface area contributed by atoms with Gasteiger partial charge >= 0.3 is 6.11 Å². The van der Waals surface area contributed by atoms with Crippen molar-refractivity contribution in [3.05, 3.63) is 59.4 Å². The van der Waals surface area contributed by atoms with E-state index in [1.54, 1.807) is 6.07 Å². The summed E-state index contributed by atoms with van der Waals surface area (Å²) in [6.07, 6.45) is -2.07. The van der Waals surface area contributed by atoms with Crippen molar-refractivity contribution < 1.29 is 22.6 Å². The van der Waals surface area contributed by atoms with Crippen LogP contribution in [-0.2, 0) is 6.11 Å². The largest absolute Gasteiger partial charge is 0.497 e. The molecule has 2 aromatic rings. The minimum Gasteiger partial charge on any atom is -0.497 e. The second kappa shape index (κ2) is 7.56. The molecule has 0 aromatic heterocycles. The maximum absolute atomic E-state index is 14.9. The van der Waals surface area contributed by atoms with Crippen LogP contribution in [0.1, 0.15) is 57.6 Å². The van der Waals surface area contributed by atoms with Gasteiger partial charge in [0.2, 0.25) is 0 Å². The topological polar surface area (TPSA) is 30.5 Å². The number of alkyl halides is 2. The highest BCUT2D eigenvalue weighted by Crippen LogP contribution is 2.41. The first-order chi connectivity index (χ1) is 13.4. The molecule has 1 N–H and O–H groups in total. The monoisotopic (exact) mass is 407 g/mol. The number of methoxy groups -OCH3 is 1. The van der Waals surface area contributed by atoms with E-state index in [1.807, 2.05) is 0 Å². The molecule has 3 rings (SSSR count). The van der Waals surface area contributed by atoms with Gasteiger partial charge in [0, 0.05) is 17.1 Å². The van der Waals surface area contributed by atoms with Gasteiger partial charge in [-0.3, -0.25) is 0 Å². The van der Waals surface area contributed by atoms with Crippen LogP contribution in [0.5, 0.6) is 11.5 Å². The van der Waals surface area contributed by atoms with Gasteiger partial charge < -0.3 is 14.8 Å². The van der Waals surface area contributed by atoms with Crippen LogP contribution in [0.2, 0.25) is 0 Å². The summed E-state index contributed by atoms with van der Waals surface area (Å²) in [5.41, 5.74) is -0.0809. The Morgan fingerprint density at radius 3 is 2.00 bits per heavy atom. The second-order valence-electron chi connectivity index (χ2n) is 9.03. The van der Waals surface area contributed by atoms with E-state index in [9.17, 15) is 13.2 Å². The first-order valence-electron chi connectivity index (χ1n) is 9.71. The first kappa shape index (κ1) is 21.5. The van der Waals surface area contributed by atoms with Gasteiger partial charge in [0.25, 0.3) is 0 Å². The SMILES string of the molecule is COc1ccc(C(F)(F)Oc2ccc(C3CC(C)(C)NC(C)(C)C3)c(F)c2)cc1. The number of halogens is 3. The number of benzene rings is 2. The molecule has 0 bridgehead atoms. The molecule has 1 heterocycles. The summed E-state index contributed by atoms with van der Waals surface area (Å²) in [4.78, 5) is 0. The van der Waals surface area contributed by atoms with Gasteiger partial charge in [-0.05, 0) is 82.3 Å². The van der Waals surface area contributed by atoms with E-state index in [4.69, 9.17) is 9.47 Å². The van der Waals surface area contributed by atoms with Crippen molar-refractivity contribution >= 4 is 0 Å². The standard InChI is InChI=1S/C23H28F3NO2/c1-21(2)13-15(14-22(3,4)27-21)19-11-10-18(12-20(19)24)29-23(25,26)16-6-8-17(28-5)9-7-16/h6-12,15,27H,13-14H2,1-5H3. The van der Waals surface area contributed by atoms with Crippen molar-refractivity contribution in [2.24, 2.45) is 0 Å². The number of hydrogen-bond acceptors (Lipinski definition) is 3.